The van der Waals surface area contributed by atoms with Gasteiger partial charge in [-0.15, -0.1) is 0 Å². The number of hydrogen-bond acceptors (Lipinski definition) is 4. The molecule has 1 aliphatic carbocycles. The van der Waals surface area contributed by atoms with E-state index in [9.17, 15) is 9.59 Å². The number of benzene rings is 2. The molecule has 5 nitrogen and oxygen atoms in total. The average molecular weight is 394 g/mol. The summed E-state index contributed by atoms with van der Waals surface area (Å²) < 4.78 is 5.43. The third-order valence-electron chi connectivity index (χ3n) is 5.52. The van der Waals surface area contributed by atoms with Gasteiger partial charge in [0.25, 0.3) is 5.91 Å². The molecule has 0 radical (unpaired) electrons. The summed E-state index contributed by atoms with van der Waals surface area (Å²) in [5.74, 6) is 0.105. The van der Waals surface area contributed by atoms with Crippen LogP contribution in [0.5, 0.6) is 5.75 Å². The number of ether oxygens (including phenoxy) is 1. The van der Waals surface area contributed by atoms with E-state index in [4.69, 9.17) is 17.0 Å². The van der Waals surface area contributed by atoms with Gasteiger partial charge in [0.2, 0.25) is 0 Å². The first kappa shape index (κ1) is 18.6. The van der Waals surface area contributed by atoms with Gasteiger partial charge in [-0.05, 0) is 56.2 Å². The van der Waals surface area contributed by atoms with E-state index >= 15 is 0 Å². The molecule has 2 amide bonds. The summed E-state index contributed by atoms with van der Waals surface area (Å²) in [4.78, 5) is 29.2. The normalized spacial score (nSPS) is 18.6. The monoisotopic (exact) mass is 394 g/mol. The third kappa shape index (κ3) is 3.07. The molecule has 0 aromatic heterocycles. The molecule has 6 heteroatoms. The van der Waals surface area contributed by atoms with Crippen molar-refractivity contribution < 1.29 is 14.3 Å². The van der Waals surface area contributed by atoms with E-state index < -0.39 is 11.6 Å². The van der Waals surface area contributed by atoms with E-state index in [1.165, 1.54) is 0 Å². The molecule has 1 heterocycles. The second-order valence-corrected chi connectivity index (χ2v) is 7.73. The Labute approximate surface area is 169 Å². The Kier molecular flexibility index (Phi) is 4.89. The number of aryl methyl sites for hydroxylation is 1. The van der Waals surface area contributed by atoms with Gasteiger partial charge in [0, 0.05) is 5.69 Å². The van der Waals surface area contributed by atoms with Gasteiger partial charge in [-0.2, -0.15) is 4.90 Å². The van der Waals surface area contributed by atoms with E-state index in [1.807, 2.05) is 42.2 Å². The molecule has 1 saturated carbocycles. The van der Waals surface area contributed by atoms with Crippen LogP contribution in [0.2, 0.25) is 0 Å². The maximum Gasteiger partial charge on any atom is 0.428 e. The zero-order chi connectivity index (χ0) is 19.7. The summed E-state index contributed by atoms with van der Waals surface area (Å²) in [7, 11) is 0. The molecule has 0 bridgehead atoms. The lowest BCUT2D eigenvalue weighted by Gasteiger charge is -2.39. The quantitative estimate of drug-likeness (QED) is 0.683. The fourth-order valence-electron chi connectivity index (χ4n) is 4.10. The number of para-hydroxylation sites is 1. The summed E-state index contributed by atoms with van der Waals surface area (Å²) in [6.07, 6.45) is 3.54. The molecule has 0 unspecified atom stereocenters. The molecular formula is C22H22N2O3S. The highest BCUT2D eigenvalue weighted by Gasteiger charge is 2.58. The molecule has 1 spiro atoms. The number of nitrogens with zero attached hydrogens (tertiary/aromatic N) is 2. The molecule has 1 aliphatic heterocycles. The van der Waals surface area contributed by atoms with Crippen LogP contribution < -0.4 is 9.64 Å². The summed E-state index contributed by atoms with van der Waals surface area (Å²) in [6, 6.07) is 16.6. The molecule has 0 N–H and O–H groups in total. The van der Waals surface area contributed by atoms with Crippen molar-refractivity contribution in [1.82, 2.24) is 4.90 Å². The molecule has 2 aromatic carbocycles. The molecular weight excluding hydrogens is 372 g/mol. The smallest absolute Gasteiger partial charge is 0.410 e. The molecule has 144 valence electrons. The van der Waals surface area contributed by atoms with Crippen molar-refractivity contribution in [3.63, 3.8) is 0 Å². The molecule has 1 saturated heterocycles. The summed E-state index contributed by atoms with van der Waals surface area (Å²) >= 11 is 5.63. The molecule has 0 atom stereocenters. The van der Waals surface area contributed by atoms with Crippen LogP contribution in [0, 0.1) is 6.92 Å². The van der Waals surface area contributed by atoms with Crippen molar-refractivity contribution in [2.24, 2.45) is 0 Å². The van der Waals surface area contributed by atoms with Crippen LogP contribution in [-0.4, -0.2) is 27.6 Å². The van der Waals surface area contributed by atoms with Crippen molar-refractivity contribution in [3.8, 4) is 5.75 Å². The van der Waals surface area contributed by atoms with Crippen LogP contribution in [0.3, 0.4) is 0 Å². The Bertz CT molecular complexity index is 905. The van der Waals surface area contributed by atoms with E-state index in [0.717, 1.165) is 35.4 Å². The van der Waals surface area contributed by atoms with Crippen molar-refractivity contribution in [2.75, 3.05) is 4.90 Å². The lowest BCUT2D eigenvalue weighted by Crippen LogP contribution is -2.51. The van der Waals surface area contributed by atoms with Crippen LogP contribution in [0.25, 0.3) is 0 Å². The predicted molar refractivity (Wildman–Crippen MR) is 111 cm³/mol. The first-order valence-electron chi connectivity index (χ1n) is 9.55. The van der Waals surface area contributed by atoms with Gasteiger partial charge in [-0.3, -0.25) is 4.79 Å². The number of hydrogen-bond donors (Lipinski definition) is 0. The largest absolute Gasteiger partial charge is 0.428 e. The number of imide groups is 1. The Hall–Kier alpha value is -2.73. The fourth-order valence-corrected chi connectivity index (χ4v) is 4.53. The van der Waals surface area contributed by atoms with Crippen LogP contribution in [0.4, 0.5) is 10.5 Å². The van der Waals surface area contributed by atoms with Gasteiger partial charge < -0.3 is 9.64 Å². The summed E-state index contributed by atoms with van der Waals surface area (Å²) in [5.41, 5.74) is 1.15. The number of carbonyl (C=O) groups excluding carboxylic acids is 2. The van der Waals surface area contributed by atoms with Gasteiger partial charge in [0.15, 0.2) is 5.11 Å². The molecule has 2 fully saturated rings. The Morgan fingerprint density at radius 2 is 1.64 bits per heavy atom. The Morgan fingerprint density at radius 1 is 1.00 bits per heavy atom. The molecule has 4 rings (SSSR count). The zero-order valence-electron chi connectivity index (χ0n) is 15.8. The average Bonchev–Trinajstić information content (AvgIpc) is 2.91. The highest BCUT2D eigenvalue weighted by atomic mass is 32.1. The fraction of sp³-hybridized carbons (Fsp3) is 0.318. The highest BCUT2D eigenvalue weighted by Crippen LogP contribution is 2.43. The molecule has 28 heavy (non-hydrogen) atoms. The first-order chi connectivity index (χ1) is 13.5. The Morgan fingerprint density at radius 3 is 2.29 bits per heavy atom. The minimum Gasteiger partial charge on any atom is -0.410 e. The third-order valence-corrected chi connectivity index (χ3v) is 5.88. The maximum absolute atomic E-state index is 13.5. The SMILES string of the molecule is Cc1ccc(N2C(=S)N(C(=O)Oc3ccccc3)C(=O)C23CCCCC3)cc1. The summed E-state index contributed by atoms with van der Waals surface area (Å²) in [6.45, 7) is 2.01. The molecule has 2 aliphatic rings. The maximum atomic E-state index is 13.5. The van der Waals surface area contributed by atoms with E-state index in [2.05, 4.69) is 0 Å². The highest BCUT2D eigenvalue weighted by molar-refractivity contribution is 7.80. The number of carbonyl (C=O) groups is 2. The topological polar surface area (TPSA) is 49.9 Å². The molecule has 2 aromatic rings. The van der Waals surface area contributed by atoms with Crippen LogP contribution in [-0.2, 0) is 4.79 Å². The lowest BCUT2D eigenvalue weighted by molar-refractivity contribution is -0.130. The first-order valence-corrected chi connectivity index (χ1v) is 9.96. The number of anilines is 1. The number of rotatable bonds is 2. The van der Waals surface area contributed by atoms with Crippen molar-refractivity contribution in [2.45, 2.75) is 44.6 Å². The van der Waals surface area contributed by atoms with Gasteiger partial charge in [0.05, 0.1) is 0 Å². The summed E-state index contributed by atoms with van der Waals surface area (Å²) in [5, 5.41) is 0.191. The minimum absolute atomic E-state index is 0.191. The van der Waals surface area contributed by atoms with Crippen LogP contribution in [0.15, 0.2) is 54.6 Å². The predicted octanol–water partition coefficient (Wildman–Crippen LogP) is 4.83. The van der Waals surface area contributed by atoms with Crippen molar-refractivity contribution >= 4 is 35.0 Å². The van der Waals surface area contributed by atoms with E-state index in [-0.39, 0.29) is 11.0 Å². The van der Waals surface area contributed by atoms with Crippen LogP contribution in [0.1, 0.15) is 37.7 Å². The minimum atomic E-state index is -0.805. The van der Waals surface area contributed by atoms with E-state index in [1.54, 1.807) is 24.3 Å². The lowest BCUT2D eigenvalue weighted by atomic mass is 9.80. The number of thiocarbonyl (C=S) groups is 1. The van der Waals surface area contributed by atoms with Crippen LogP contribution >= 0.6 is 12.2 Å². The number of amides is 2. The van der Waals surface area contributed by atoms with Crippen molar-refractivity contribution in [3.05, 3.63) is 60.2 Å². The zero-order valence-corrected chi connectivity index (χ0v) is 16.6. The van der Waals surface area contributed by atoms with Crippen molar-refractivity contribution in [1.29, 1.82) is 0 Å². The Balaban J connectivity index is 1.71. The standard InChI is InChI=1S/C22H22N2O3S/c1-16-10-12-17(13-11-16)24-20(28)23(19(25)22(24)14-6-3-7-15-22)21(26)27-18-8-4-2-5-9-18/h2,4-5,8-13H,3,6-7,14-15H2,1H3. The van der Waals surface area contributed by atoms with Gasteiger partial charge in [0.1, 0.15) is 11.3 Å². The van der Waals surface area contributed by atoms with Gasteiger partial charge >= 0.3 is 6.09 Å². The van der Waals surface area contributed by atoms with Gasteiger partial charge in [-0.25, -0.2) is 4.79 Å². The van der Waals surface area contributed by atoms with Gasteiger partial charge in [-0.1, -0.05) is 55.2 Å². The second kappa shape index (κ2) is 7.36. The second-order valence-electron chi connectivity index (χ2n) is 7.37. The van der Waals surface area contributed by atoms with E-state index in [0.29, 0.717) is 18.6 Å².